The number of nitrogens with one attached hydrogen (secondary N) is 1. The number of aliphatic hydroxyl groups excluding tert-OH is 1. The number of carboxylic acid groups (broad SMARTS) is 2. The maximum Gasteiger partial charge on any atom is 0.334 e. The molecule has 1 rings (SSSR count). The average Bonchev–Trinajstić information content (AvgIpc) is 2.46. The molecule has 1 aromatic rings. The van der Waals surface area contributed by atoms with E-state index in [0.29, 0.717) is 5.56 Å². The molecule has 0 heterocycles. The predicted molar refractivity (Wildman–Crippen MR) is 76.2 cm³/mol. The van der Waals surface area contributed by atoms with Crippen LogP contribution in [-0.4, -0.2) is 57.9 Å². The quantitative estimate of drug-likeness (QED) is 0.573. The summed E-state index contributed by atoms with van der Waals surface area (Å²) in [7, 11) is 1.31. The van der Waals surface area contributed by atoms with Crippen LogP contribution in [0.3, 0.4) is 0 Å². The minimum Gasteiger partial charge on any atom is -0.481 e. The number of hydrogen-bond donors (Lipinski definition) is 4. The second-order valence-electron chi connectivity index (χ2n) is 4.75. The summed E-state index contributed by atoms with van der Waals surface area (Å²) in [5.41, 5.74) is 0.616. The number of aliphatic hydroxyl groups is 1. The van der Waals surface area contributed by atoms with E-state index in [0.717, 1.165) is 4.90 Å². The van der Waals surface area contributed by atoms with Gasteiger partial charge in [-0.1, -0.05) is 30.3 Å². The lowest BCUT2D eigenvalue weighted by Crippen LogP contribution is -2.44. The molecule has 120 valence electrons. The number of carboxylic acids is 2. The van der Waals surface area contributed by atoms with Crippen molar-refractivity contribution in [2.24, 2.45) is 0 Å². The number of rotatable bonds is 7. The molecule has 0 aliphatic carbocycles. The first kappa shape index (κ1) is 17.4. The van der Waals surface area contributed by atoms with Crippen molar-refractivity contribution in [2.45, 2.75) is 18.6 Å². The molecule has 0 bridgehead atoms. The molecule has 8 heteroatoms. The zero-order valence-electron chi connectivity index (χ0n) is 12.0. The van der Waals surface area contributed by atoms with E-state index in [1.165, 1.54) is 7.05 Å². The summed E-state index contributed by atoms with van der Waals surface area (Å²) in [6.07, 6.45) is -2.02. The first-order valence-electron chi connectivity index (χ1n) is 6.50. The highest BCUT2D eigenvalue weighted by molar-refractivity contribution is 5.78. The minimum atomic E-state index is -1.70. The normalized spacial score (nSPS) is 13.0. The van der Waals surface area contributed by atoms with Gasteiger partial charge < -0.3 is 25.5 Å². The van der Waals surface area contributed by atoms with Crippen molar-refractivity contribution >= 4 is 18.0 Å². The average molecular weight is 310 g/mol. The highest BCUT2D eigenvalue weighted by Gasteiger charge is 2.23. The summed E-state index contributed by atoms with van der Waals surface area (Å²) in [5.74, 6) is -2.52. The van der Waals surface area contributed by atoms with Gasteiger partial charge >= 0.3 is 18.0 Å². The van der Waals surface area contributed by atoms with E-state index in [1.54, 1.807) is 30.3 Å². The highest BCUT2D eigenvalue weighted by atomic mass is 16.4. The zero-order chi connectivity index (χ0) is 16.7. The smallest absolute Gasteiger partial charge is 0.334 e. The first-order valence-corrected chi connectivity index (χ1v) is 6.50. The molecule has 2 unspecified atom stereocenters. The van der Waals surface area contributed by atoms with Crippen LogP contribution in [0.2, 0.25) is 0 Å². The third-order valence-electron chi connectivity index (χ3n) is 2.96. The third-order valence-corrected chi connectivity index (χ3v) is 2.96. The first-order chi connectivity index (χ1) is 10.3. The number of carbonyl (C=O) groups is 3. The van der Waals surface area contributed by atoms with Crippen molar-refractivity contribution in [3.63, 3.8) is 0 Å². The van der Waals surface area contributed by atoms with Crippen molar-refractivity contribution in [1.29, 1.82) is 0 Å². The maximum absolute atomic E-state index is 12.0. The summed E-state index contributed by atoms with van der Waals surface area (Å²) in [6, 6.07) is 7.13. The standard InChI is InChI=1S/C14H18N2O6/c1-16(8-11(17)13(20)21)14(22)15-10(7-12(18)19)9-5-3-2-4-6-9/h2-6,10-11,17H,7-8H2,1H3,(H,15,22)(H,18,19)(H,20,21). The molecule has 0 saturated carbocycles. The predicted octanol–water partition coefficient (Wildman–Crippen LogP) is 0.289. The third kappa shape index (κ3) is 5.41. The Labute approximate surface area is 127 Å². The summed E-state index contributed by atoms with van der Waals surface area (Å²) >= 11 is 0. The van der Waals surface area contributed by atoms with E-state index in [4.69, 9.17) is 10.2 Å². The molecular weight excluding hydrogens is 292 g/mol. The van der Waals surface area contributed by atoms with Crippen LogP contribution in [0, 0.1) is 0 Å². The van der Waals surface area contributed by atoms with Crippen molar-refractivity contribution < 1.29 is 29.7 Å². The number of carbonyl (C=O) groups excluding carboxylic acids is 1. The van der Waals surface area contributed by atoms with E-state index in [-0.39, 0.29) is 6.42 Å². The van der Waals surface area contributed by atoms with Gasteiger partial charge in [-0.3, -0.25) is 4.79 Å². The molecule has 0 radical (unpaired) electrons. The fraction of sp³-hybridized carbons (Fsp3) is 0.357. The molecule has 4 N–H and O–H groups in total. The van der Waals surface area contributed by atoms with Gasteiger partial charge in [-0.25, -0.2) is 9.59 Å². The molecule has 0 fully saturated rings. The Morgan fingerprint density at radius 1 is 1.18 bits per heavy atom. The van der Waals surface area contributed by atoms with Crippen LogP contribution >= 0.6 is 0 Å². The molecular formula is C14H18N2O6. The number of likely N-dealkylation sites (N-methyl/N-ethyl adjacent to an activating group) is 1. The van der Waals surface area contributed by atoms with E-state index >= 15 is 0 Å². The van der Waals surface area contributed by atoms with Gasteiger partial charge in [0.25, 0.3) is 0 Å². The molecule has 0 aliphatic rings. The summed E-state index contributed by atoms with van der Waals surface area (Å²) in [5, 5.41) is 29.3. The highest BCUT2D eigenvalue weighted by Crippen LogP contribution is 2.16. The lowest BCUT2D eigenvalue weighted by atomic mass is 10.0. The van der Waals surface area contributed by atoms with Crippen LogP contribution in [0.25, 0.3) is 0 Å². The Bertz CT molecular complexity index is 533. The number of amides is 2. The van der Waals surface area contributed by atoms with E-state index in [9.17, 15) is 19.5 Å². The molecule has 1 aromatic carbocycles. The Balaban J connectivity index is 2.75. The van der Waals surface area contributed by atoms with Crippen LogP contribution in [0.1, 0.15) is 18.0 Å². The van der Waals surface area contributed by atoms with E-state index in [1.807, 2.05) is 0 Å². The Morgan fingerprint density at radius 3 is 2.27 bits per heavy atom. The van der Waals surface area contributed by atoms with Gasteiger partial charge in [0.2, 0.25) is 0 Å². The summed E-state index contributed by atoms with van der Waals surface area (Å²) < 4.78 is 0. The minimum absolute atomic E-state index is 0.314. The molecule has 0 spiro atoms. The number of benzene rings is 1. The van der Waals surface area contributed by atoms with Crippen LogP contribution < -0.4 is 5.32 Å². The fourth-order valence-corrected chi connectivity index (χ4v) is 1.79. The van der Waals surface area contributed by atoms with Crippen molar-refractivity contribution in [1.82, 2.24) is 10.2 Å². The Morgan fingerprint density at radius 2 is 1.77 bits per heavy atom. The number of hydrogen-bond acceptors (Lipinski definition) is 4. The molecule has 0 saturated heterocycles. The summed E-state index contributed by atoms with van der Waals surface area (Å²) in [4.78, 5) is 34.4. The molecule has 2 atom stereocenters. The maximum atomic E-state index is 12.0. The van der Waals surface area contributed by atoms with Gasteiger partial charge in [0, 0.05) is 7.05 Å². The van der Waals surface area contributed by atoms with Gasteiger partial charge in [0.15, 0.2) is 6.10 Å². The fourth-order valence-electron chi connectivity index (χ4n) is 1.79. The molecule has 2 amide bonds. The SMILES string of the molecule is CN(CC(O)C(=O)O)C(=O)NC(CC(=O)O)c1ccccc1. The van der Waals surface area contributed by atoms with Gasteiger partial charge in [-0.15, -0.1) is 0 Å². The lowest BCUT2D eigenvalue weighted by molar-refractivity contribution is -0.147. The van der Waals surface area contributed by atoms with Crippen molar-refractivity contribution in [2.75, 3.05) is 13.6 Å². The van der Waals surface area contributed by atoms with Crippen LogP contribution in [0.15, 0.2) is 30.3 Å². The molecule has 8 nitrogen and oxygen atoms in total. The number of aliphatic carboxylic acids is 2. The van der Waals surface area contributed by atoms with Gasteiger partial charge in [0.05, 0.1) is 19.0 Å². The lowest BCUT2D eigenvalue weighted by Gasteiger charge is -2.23. The van der Waals surface area contributed by atoms with Crippen LogP contribution in [0.4, 0.5) is 4.79 Å². The van der Waals surface area contributed by atoms with Gasteiger partial charge in [-0.05, 0) is 5.56 Å². The second kappa shape index (κ2) is 7.99. The van der Waals surface area contributed by atoms with E-state index < -0.39 is 36.7 Å². The van der Waals surface area contributed by atoms with Crippen LogP contribution in [0.5, 0.6) is 0 Å². The topological polar surface area (TPSA) is 127 Å². The monoisotopic (exact) mass is 310 g/mol. The Hall–Kier alpha value is -2.61. The second-order valence-corrected chi connectivity index (χ2v) is 4.75. The molecule has 0 aromatic heterocycles. The van der Waals surface area contributed by atoms with Gasteiger partial charge in [0.1, 0.15) is 0 Å². The number of nitrogens with zero attached hydrogens (tertiary/aromatic N) is 1. The zero-order valence-corrected chi connectivity index (χ0v) is 12.0. The molecule has 0 aliphatic heterocycles. The van der Waals surface area contributed by atoms with Crippen molar-refractivity contribution in [3.05, 3.63) is 35.9 Å². The largest absolute Gasteiger partial charge is 0.481 e. The number of urea groups is 1. The Kier molecular flexibility index (Phi) is 6.33. The van der Waals surface area contributed by atoms with E-state index in [2.05, 4.69) is 5.32 Å². The summed E-state index contributed by atoms with van der Waals surface area (Å²) in [6.45, 7) is -0.407. The van der Waals surface area contributed by atoms with Gasteiger partial charge in [-0.2, -0.15) is 0 Å². The van der Waals surface area contributed by atoms with Crippen molar-refractivity contribution in [3.8, 4) is 0 Å². The molecule has 22 heavy (non-hydrogen) atoms. The van der Waals surface area contributed by atoms with Crippen LogP contribution in [-0.2, 0) is 9.59 Å².